The summed E-state index contributed by atoms with van der Waals surface area (Å²) in [6, 6.07) is 2.69. The summed E-state index contributed by atoms with van der Waals surface area (Å²) >= 11 is 2.45. The van der Waals surface area contributed by atoms with Crippen LogP contribution in [0.5, 0.6) is 0 Å². The minimum Gasteiger partial charge on any atom is -0.374 e. The van der Waals surface area contributed by atoms with Gasteiger partial charge in [-0.3, -0.25) is 4.90 Å². The van der Waals surface area contributed by atoms with Crippen molar-refractivity contribution in [2.24, 2.45) is 82.9 Å². The summed E-state index contributed by atoms with van der Waals surface area (Å²) in [7, 11) is 0. The summed E-state index contributed by atoms with van der Waals surface area (Å²) in [6.07, 6.45) is 55.4. The molecule has 12 aliphatic rings. The third kappa shape index (κ3) is 7.75. The topological polar surface area (TPSA) is 12.5 Å². The second-order valence-corrected chi connectivity index (χ2v) is 26.5. The molecule has 332 valence electrons. The van der Waals surface area contributed by atoms with E-state index in [0.717, 1.165) is 111 Å². The molecule has 15 atom stereocenters. The maximum atomic E-state index is 7.62. The normalized spacial score (nSPS) is 53.9. The van der Waals surface area contributed by atoms with Gasteiger partial charge in [-0.05, 0) is 218 Å². The van der Waals surface area contributed by atoms with Crippen LogP contribution in [0.4, 0.5) is 0 Å². The Labute approximate surface area is 368 Å². The first-order chi connectivity index (χ1) is 29.2. The predicted octanol–water partition coefficient (Wildman–Crippen LogP) is 15.1. The monoisotopic (exact) mass is 826 g/mol. The molecule has 15 unspecified atom stereocenters. The fourth-order valence-electron chi connectivity index (χ4n) is 20.6. The molecule has 0 radical (unpaired) electrons. The molecular weight excluding hydrogens is 735 g/mol. The van der Waals surface area contributed by atoms with Crippen molar-refractivity contribution < 1.29 is 4.74 Å². The molecule has 10 saturated carbocycles. The van der Waals surface area contributed by atoms with E-state index in [0.29, 0.717) is 12.2 Å². The van der Waals surface area contributed by atoms with Crippen molar-refractivity contribution in [2.45, 2.75) is 266 Å². The lowest BCUT2D eigenvalue weighted by atomic mass is 9.59. The number of fused-ring (bicyclic) bond motifs is 9. The maximum Gasteiger partial charge on any atom is 0.0652 e. The maximum absolute atomic E-state index is 7.62. The first-order valence-electron chi connectivity index (χ1n) is 28.3. The Hall–Kier alpha value is 0.270. The Kier molecular flexibility index (Phi) is 12.4. The Morgan fingerprint density at radius 2 is 0.661 bits per heavy atom. The van der Waals surface area contributed by atoms with Crippen LogP contribution in [-0.4, -0.2) is 45.7 Å². The number of hydrogen-bond donors (Lipinski definition) is 0. The van der Waals surface area contributed by atoms with Crippen LogP contribution in [0.15, 0.2) is 0 Å². The Morgan fingerprint density at radius 1 is 0.271 bits per heavy atom. The molecule has 0 N–H and O–H groups in total. The van der Waals surface area contributed by atoms with Crippen LogP contribution in [0.2, 0.25) is 0 Å². The molecule has 3 heteroatoms. The number of ether oxygens (including phenoxy) is 1. The van der Waals surface area contributed by atoms with Gasteiger partial charge in [0, 0.05) is 34.5 Å². The highest BCUT2D eigenvalue weighted by Crippen LogP contribution is 2.62. The third-order valence-electron chi connectivity index (χ3n) is 23.0. The molecule has 0 spiro atoms. The highest BCUT2D eigenvalue weighted by atomic mass is 32.2. The summed E-state index contributed by atoms with van der Waals surface area (Å²) in [6.45, 7) is 0. The molecule has 2 nitrogen and oxygen atoms in total. The van der Waals surface area contributed by atoms with Crippen LogP contribution in [-0.2, 0) is 4.74 Å². The molecular formula is C56H91NOS. The standard InChI is InChI=1S/C56H91NOS/c1-3-14-44-36(10-1)12-7-17-46(44)38-22-28-41(29-23-38)57(42-30-24-39(25-31-42)47-18-8-13-37-11-2-4-15-45(37)47)43-32-26-40(27-33-43)48-19-9-20-49-50-34-35-53-54(56(50)58-55(48)49)51-16-5-6-21-52(51)59-53/h36-56H,1-35H2. The van der Waals surface area contributed by atoms with Crippen LogP contribution >= 0.6 is 11.8 Å². The van der Waals surface area contributed by atoms with Crippen molar-refractivity contribution in [1.29, 1.82) is 0 Å². The van der Waals surface area contributed by atoms with Gasteiger partial charge >= 0.3 is 0 Å². The van der Waals surface area contributed by atoms with E-state index in [1.807, 2.05) is 0 Å². The number of rotatable bonds is 6. The van der Waals surface area contributed by atoms with E-state index in [9.17, 15) is 0 Å². The van der Waals surface area contributed by atoms with Gasteiger partial charge in [0.15, 0.2) is 0 Å². The average Bonchev–Trinajstić information content (AvgIpc) is 3.88. The zero-order chi connectivity index (χ0) is 38.9. The van der Waals surface area contributed by atoms with Gasteiger partial charge in [-0.2, -0.15) is 11.8 Å². The number of nitrogens with zero attached hydrogens (tertiary/aromatic N) is 1. The minimum atomic E-state index is 0.625. The van der Waals surface area contributed by atoms with E-state index in [1.165, 1.54) is 83.5 Å². The second-order valence-electron chi connectivity index (χ2n) is 25.1. The van der Waals surface area contributed by atoms with E-state index >= 15 is 0 Å². The Morgan fingerprint density at radius 3 is 1.24 bits per heavy atom. The highest BCUT2D eigenvalue weighted by molar-refractivity contribution is 8.00. The fraction of sp³-hybridized carbons (Fsp3) is 1.00. The molecule has 0 aromatic rings. The van der Waals surface area contributed by atoms with Crippen LogP contribution in [0.1, 0.15) is 225 Å². The van der Waals surface area contributed by atoms with Crippen molar-refractivity contribution in [2.75, 3.05) is 0 Å². The van der Waals surface area contributed by atoms with E-state index in [-0.39, 0.29) is 0 Å². The van der Waals surface area contributed by atoms with Gasteiger partial charge in [0.1, 0.15) is 0 Å². The van der Waals surface area contributed by atoms with Gasteiger partial charge < -0.3 is 4.74 Å². The summed E-state index contributed by atoms with van der Waals surface area (Å²) in [5, 5.41) is 1.92. The second kappa shape index (κ2) is 17.9. The van der Waals surface area contributed by atoms with Crippen molar-refractivity contribution >= 4 is 11.8 Å². The first-order valence-corrected chi connectivity index (χ1v) is 29.3. The molecule has 2 heterocycles. The molecule has 0 amide bonds. The zero-order valence-electron chi connectivity index (χ0n) is 38.1. The molecule has 0 aromatic heterocycles. The fourth-order valence-corrected chi connectivity index (χ4v) is 22.7. The van der Waals surface area contributed by atoms with Crippen molar-refractivity contribution in [1.82, 2.24) is 4.90 Å². The van der Waals surface area contributed by atoms with Crippen molar-refractivity contribution in [3.63, 3.8) is 0 Å². The van der Waals surface area contributed by atoms with E-state index in [1.54, 1.807) is 141 Å². The first kappa shape index (κ1) is 40.8. The zero-order valence-corrected chi connectivity index (χ0v) is 39.0. The van der Waals surface area contributed by atoms with Gasteiger partial charge in [0.25, 0.3) is 0 Å². The van der Waals surface area contributed by atoms with Crippen LogP contribution in [0.25, 0.3) is 0 Å². The Balaban J connectivity index is 0.723. The van der Waals surface area contributed by atoms with Gasteiger partial charge in [0.2, 0.25) is 0 Å². The summed E-state index contributed by atoms with van der Waals surface area (Å²) < 4.78 is 7.62. The van der Waals surface area contributed by atoms with E-state index in [2.05, 4.69) is 16.7 Å². The van der Waals surface area contributed by atoms with Crippen molar-refractivity contribution in [3.05, 3.63) is 0 Å². The average molecular weight is 826 g/mol. The lowest BCUT2D eigenvalue weighted by Crippen LogP contribution is -2.54. The Bertz CT molecular complexity index is 1320. The van der Waals surface area contributed by atoms with Gasteiger partial charge in [-0.15, -0.1) is 0 Å². The third-order valence-corrected chi connectivity index (χ3v) is 24.8. The SMILES string of the molecule is C1CCC2C(C1)CCCC2C1CCC(N(C2CCC(C3CCCC4CCCCC43)CC2)C2CCC(C3CCCC4C5CCC6SC7CCCCC7C6C5OC34)CC2)CC1. The lowest BCUT2D eigenvalue weighted by Gasteiger charge is -2.53. The lowest BCUT2D eigenvalue weighted by molar-refractivity contribution is -0.0781. The molecule has 2 saturated heterocycles. The minimum absolute atomic E-state index is 0.625. The molecule has 12 rings (SSSR count). The largest absolute Gasteiger partial charge is 0.374 e. The van der Waals surface area contributed by atoms with E-state index in [4.69, 9.17) is 4.74 Å². The van der Waals surface area contributed by atoms with Crippen LogP contribution in [0, 0.1) is 82.9 Å². The molecule has 59 heavy (non-hydrogen) atoms. The van der Waals surface area contributed by atoms with Gasteiger partial charge in [-0.25, -0.2) is 0 Å². The quantitative estimate of drug-likeness (QED) is 0.265. The molecule has 2 aliphatic heterocycles. The highest BCUT2D eigenvalue weighted by Gasteiger charge is 2.60. The number of hydrogen-bond acceptors (Lipinski definition) is 3. The van der Waals surface area contributed by atoms with Crippen LogP contribution < -0.4 is 0 Å². The molecule has 0 aromatic carbocycles. The van der Waals surface area contributed by atoms with Crippen LogP contribution in [0.3, 0.4) is 0 Å². The van der Waals surface area contributed by atoms with Gasteiger partial charge in [-0.1, -0.05) is 83.5 Å². The van der Waals surface area contributed by atoms with Crippen molar-refractivity contribution in [3.8, 4) is 0 Å². The molecule has 12 fully saturated rings. The summed E-state index contributed by atoms with van der Waals surface area (Å²) in [5.74, 6) is 14.3. The number of thioether (sulfide) groups is 1. The molecule has 10 aliphatic carbocycles. The van der Waals surface area contributed by atoms with E-state index < -0.39 is 0 Å². The molecule has 0 bridgehead atoms. The smallest absolute Gasteiger partial charge is 0.0652 e. The van der Waals surface area contributed by atoms with Gasteiger partial charge in [0.05, 0.1) is 12.2 Å². The summed E-state index contributed by atoms with van der Waals surface area (Å²) in [4.78, 5) is 3.39. The predicted molar refractivity (Wildman–Crippen MR) is 247 cm³/mol. The summed E-state index contributed by atoms with van der Waals surface area (Å²) in [5.41, 5.74) is 0.